The molecule has 0 saturated carbocycles. The molecule has 0 atom stereocenters. The number of carbonyl (C=O) groups excluding carboxylic acids is 1. The Kier molecular flexibility index (Phi) is 4.55. The van der Waals surface area contributed by atoms with Crippen molar-refractivity contribution in [3.05, 3.63) is 35.4 Å². The number of hydrogen-bond donors (Lipinski definition) is 1. The van der Waals surface area contributed by atoms with E-state index in [1.807, 2.05) is 12.1 Å². The molecule has 1 aromatic carbocycles. The van der Waals surface area contributed by atoms with Gasteiger partial charge in [0.2, 0.25) is 0 Å². The lowest BCUT2D eigenvalue weighted by Gasteiger charge is -2.19. The first-order valence-electron chi connectivity index (χ1n) is 5.93. The van der Waals surface area contributed by atoms with Crippen LogP contribution in [0.5, 0.6) is 0 Å². The highest BCUT2D eigenvalue weighted by molar-refractivity contribution is 5.67. The first kappa shape index (κ1) is 13.6. The summed E-state index contributed by atoms with van der Waals surface area (Å²) in [4.78, 5) is 11.2. The van der Waals surface area contributed by atoms with Crippen LogP contribution >= 0.6 is 0 Å². The summed E-state index contributed by atoms with van der Waals surface area (Å²) in [5, 5.41) is 2.72. The summed E-state index contributed by atoms with van der Waals surface area (Å²) in [6.45, 7) is 9.21. The van der Waals surface area contributed by atoms with Gasteiger partial charge in [0, 0.05) is 6.54 Å². The van der Waals surface area contributed by atoms with Crippen molar-refractivity contribution >= 4 is 6.09 Å². The summed E-state index contributed by atoms with van der Waals surface area (Å²) in [5.74, 6) is 0. The lowest BCUT2D eigenvalue weighted by Crippen LogP contribution is -2.23. The average Bonchev–Trinajstić information content (AvgIpc) is 2.26. The molecule has 0 aliphatic carbocycles. The van der Waals surface area contributed by atoms with Gasteiger partial charge in [-0.1, -0.05) is 45.0 Å². The van der Waals surface area contributed by atoms with Crippen LogP contribution in [0.15, 0.2) is 24.3 Å². The van der Waals surface area contributed by atoms with Gasteiger partial charge in [0.1, 0.15) is 0 Å². The molecule has 1 rings (SSSR count). The SMILES string of the molecule is CCOC(=O)NCc1cccc(C(C)(C)C)c1. The van der Waals surface area contributed by atoms with Gasteiger partial charge >= 0.3 is 6.09 Å². The van der Waals surface area contributed by atoms with Gasteiger partial charge in [-0.2, -0.15) is 0 Å². The highest BCUT2D eigenvalue weighted by atomic mass is 16.5. The fourth-order valence-corrected chi connectivity index (χ4v) is 1.50. The molecule has 1 N–H and O–H groups in total. The van der Waals surface area contributed by atoms with E-state index in [-0.39, 0.29) is 11.5 Å². The van der Waals surface area contributed by atoms with Crippen molar-refractivity contribution < 1.29 is 9.53 Å². The minimum absolute atomic E-state index is 0.125. The van der Waals surface area contributed by atoms with E-state index in [0.717, 1.165) is 5.56 Å². The number of carbonyl (C=O) groups is 1. The summed E-state index contributed by atoms with van der Waals surface area (Å²) in [6.07, 6.45) is -0.367. The maximum absolute atomic E-state index is 11.2. The number of hydrogen-bond acceptors (Lipinski definition) is 2. The lowest BCUT2D eigenvalue weighted by atomic mass is 9.86. The molecule has 0 aliphatic rings. The van der Waals surface area contributed by atoms with Gasteiger partial charge in [0.25, 0.3) is 0 Å². The Morgan fingerprint density at radius 3 is 2.65 bits per heavy atom. The molecule has 0 heterocycles. The predicted molar refractivity (Wildman–Crippen MR) is 69.0 cm³/mol. The van der Waals surface area contributed by atoms with Crippen LogP contribution in [0.3, 0.4) is 0 Å². The van der Waals surface area contributed by atoms with Gasteiger partial charge < -0.3 is 10.1 Å². The number of amides is 1. The summed E-state index contributed by atoms with van der Waals surface area (Å²) in [6, 6.07) is 8.24. The van der Waals surface area contributed by atoms with Crippen LogP contribution in [0.25, 0.3) is 0 Å². The Hall–Kier alpha value is -1.51. The van der Waals surface area contributed by atoms with Crippen LogP contribution in [0.4, 0.5) is 4.79 Å². The van der Waals surface area contributed by atoms with E-state index >= 15 is 0 Å². The molecule has 1 aromatic rings. The Bertz CT molecular complexity index is 380. The van der Waals surface area contributed by atoms with Crippen LogP contribution in [-0.2, 0) is 16.7 Å². The van der Waals surface area contributed by atoms with Gasteiger partial charge in [0.15, 0.2) is 0 Å². The molecule has 1 amide bonds. The molecular weight excluding hydrogens is 214 g/mol. The second kappa shape index (κ2) is 5.71. The van der Waals surface area contributed by atoms with Crippen molar-refractivity contribution in [3.63, 3.8) is 0 Å². The van der Waals surface area contributed by atoms with Gasteiger partial charge in [0.05, 0.1) is 6.61 Å². The molecule has 0 aromatic heterocycles. The Morgan fingerprint density at radius 2 is 2.06 bits per heavy atom. The van der Waals surface area contributed by atoms with Crippen molar-refractivity contribution in [2.45, 2.75) is 39.7 Å². The average molecular weight is 235 g/mol. The van der Waals surface area contributed by atoms with E-state index in [1.165, 1.54) is 5.56 Å². The van der Waals surface area contributed by atoms with E-state index < -0.39 is 0 Å². The number of ether oxygens (including phenoxy) is 1. The van der Waals surface area contributed by atoms with E-state index in [4.69, 9.17) is 4.74 Å². The highest BCUT2D eigenvalue weighted by Crippen LogP contribution is 2.22. The molecule has 17 heavy (non-hydrogen) atoms. The third kappa shape index (κ3) is 4.47. The number of alkyl carbamates (subject to hydrolysis) is 1. The first-order chi connectivity index (χ1) is 7.93. The largest absolute Gasteiger partial charge is 0.450 e. The molecule has 0 radical (unpaired) electrons. The third-order valence-corrected chi connectivity index (χ3v) is 2.51. The molecule has 94 valence electrons. The summed E-state index contributed by atoms with van der Waals surface area (Å²) >= 11 is 0. The van der Waals surface area contributed by atoms with Crippen molar-refractivity contribution in [1.29, 1.82) is 0 Å². The normalized spacial score (nSPS) is 11.1. The Balaban J connectivity index is 2.64. The minimum Gasteiger partial charge on any atom is -0.450 e. The maximum atomic E-state index is 11.2. The quantitative estimate of drug-likeness (QED) is 0.873. The molecule has 3 nitrogen and oxygen atoms in total. The Morgan fingerprint density at radius 1 is 1.35 bits per heavy atom. The zero-order chi connectivity index (χ0) is 12.9. The van der Waals surface area contributed by atoms with Crippen LogP contribution in [0.1, 0.15) is 38.8 Å². The van der Waals surface area contributed by atoms with Crippen molar-refractivity contribution in [1.82, 2.24) is 5.32 Å². The fraction of sp³-hybridized carbons (Fsp3) is 0.500. The molecule has 0 bridgehead atoms. The molecule has 0 unspecified atom stereocenters. The fourth-order valence-electron chi connectivity index (χ4n) is 1.50. The smallest absolute Gasteiger partial charge is 0.407 e. The number of rotatable bonds is 3. The molecule has 0 spiro atoms. The number of nitrogens with one attached hydrogen (secondary N) is 1. The van der Waals surface area contributed by atoms with Gasteiger partial charge in [-0.05, 0) is 23.5 Å². The second-order valence-electron chi connectivity index (χ2n) is 5.02. The van der Waals surface area contributed by atoms with E-state index in [1.54, 1.807) is 6.92 Å². The first-order valence-corrected chi connectivity index (χ1v) is 5.93. The molecule has 0 saturated heterocycles. The Labute approximate surface area is 103 Å². The van der Waals surface area contributed by atoms with Gasteiger partial charge in [-0.3, -0.25) is 0 Å². The zero-order valence-electron chi connectivity index (χ0n) is 11.0. The monoisotopic (exact) mass is 235 g/mol. The minimum atomic E-state index is -0.367. The van der Waals surface area contributed by atoms with Crippen molar-refractivity contribution in [3.8, 4) is 0 Å². The lowest BCUT2D eigenvalue weighted by molar-refractivity contribution is 0.151. The van der Waals surface area contributed by atoms with Crippen molar-refractivity contribution in [2.24, 2.45) is 0 Å². The van der Waals surface area contributed by atoms with Gasteiger partial charge in [-0.25, -0.2) is 4.79 Å². The predicted octanol–water partition coefficient (Wildman–Crippen LogP) is 3.23. The summed E-state index contributed by atoms with van der Waals surface area (Å²) in [7, 11) is 0. The standard InChI is InChI=1S/C14H21NO2/c1-5-17-13(16)15-10-11-7-6-8-12(9-11)14(2,3)4/h6-9H,5,10H2,1-4H3,(H,15,16). The summed E-state index contributed by atoms with van der Waals surface area (Å²) in [5.41, 5.74) is 2.48. The molecule has 0 fully saturated rings. The highest BCUT2D eigenvalue weighted by Gasteiger charge is 2.13. The van der Waals surface area contributed by atoms with Gasteiger partial charge in [-0.15, -0.1) is 0 Å². The second-order valence-corrected chi connectivity index (χ2v) is 5.02. The maximum Gasteiger partial charge on any atom is 0.407 e. The van der Waals surface area contributed by atoms with Crippen LogP contribution < -0.4 is 5.32 Å². The van der Waals surface area contributed by atoms with E-state index in [2.05, 4.69) is 38.2 Å². The zero-order valence-corrected chi connectivity index (χ0v) is 11.0. The topological polar surface area (TPSA) is 38.3 Å². The van der Waals surface area contributed by atoms with Crippen molar-refractivity contribution in [2.75, 3.05) is 6.61 Å². The van der Waals surface area contributed by atoms with E-state index in [0.29, 0.717) is 13.2 Å². The van der Waals surface area contributed by atoms with Crippen LogP contribution in [-0.4, -0.2) is 12.7 Å². The molecule has 3 heteroatoms. The van der Waals surface area contributed by atoms with Crippen LogP contribution in [0, 0.1) is 0 Å². The third-order valence-electron chi connectivity index (χ3n) is 2.51. The number of benzene rings is 1. The van der Waals surface area contributed by atoms with Crippen LogP contribution in [0.2, 0.25) is 0 Å². The summed E-state index contributed by atoms with van der Waals surface area (Å²) < 4.78 is 4.81. The molecular formula is C14H21NO2. The molecule has 0 aliphatic heterocycles. The van der Waals surface area contributed by atoms with E-state index in [9.17, 15) is 4.79 Å².